The molecular formula is C21H18ClN3O2. The molecule has 2 heterocycles. The van der Waals surface area contributed by atoms with Crippen LogP contribution in [0.3, 0.4) is 0 Å². The van der Waals surface area contributed by atoms with Crippen molar-refractivity contribution in [3.05, 3.63) is 70.3 Å². The molecule has 0 fully saturated rings. The van der Waals surface area contributed by atoms with Crippen LogP contribution in [-0.2, 0) is 11.2 Å². The van der Waals surface area contributed by atoms with Gasteiger partial charge in [0.05, 0.1) is 17.8 Å². The number of hydrogen-bond donors (Lipinski definition) is 1. The monoisotopic (exact) mass is 379 g/mol. The van der Waals surface area contributed by atoms with Crippen LogP contribution in [-0.4, -0.2) is 37.7 Å². The van der Waals surface area contributed by atoms with Crippen molar-refractivity contribution in [3.8, 4) is 0 Å². The number of halogens is 1. The molecule has 1 atom stereocenters. The lowest BCUT2D eigenvalue weighted by molar-refractivity contribution is -0.120. The molecule has 27 heavy (non-hydrogen) atoms. The smallest absolute Gasteiger partial charge is 0.254 e. The Morgan fingerprint density at radius 3 is 2.67 bits per heavy atom. The maximum atomic E-state index is 12.9. The van der Waals surface area contributed by atoms with Crippen LogP contribution in [0.4, 0.5) is 5.69 Å². The highest BCUT2D eigenvalue weighted by Crippen LogP contribution is 2.27. The van der Waals surface area contributed by atoms with Gasteiger partial charge in [0, 0.05) is 24.7 Å². The van der Waals surface area contributed by atoms with Crippen molar-refractivity contribution in [1.29, 1.82) is 0 Å². The average Bonchev–Trinajstić information content (AvgIpc) is 3.19. The Balaban J connectivity index is 1.57. The lowest BCUT2D eigenvalue weighted by Crippen LogP contribution is -2.45. The fourth-order valence-electron chi connectivity index (χ4n) is 3.39. The van der Waals surface area contributed by atoms with Gasteiger partial charge in [-0.05, 0) is 34.9 Å². The zero-order valence-electron chi connectivity index (χ0n) is 14.8. The molecule has 0 spiro atoms. The second-order valence-corrected chi connectivity index (χ2v) is 7.08. The van der Waals surface area contributed by atoms with E-state index in [9.17, 15) is 9.59 Å². The summed E-state index contributed by atoms with van der Waals surface area (Å²) in [6.07, 6.45) is 4.35. The summed E-state index contributed by atoms with van der Waals surface area (Å²) in [4.78, 5) is 31.2. The van der Waals surface area contributed by atoms with Crippen molar-refractivity contribution in [2.75, 3.05) is 18.5 Å². The highest BCUT2D eigenvalue weighted by Gasteiger charge is 2.32. The minimum atomic E-state index is -0.633. The molecule has 0 aromatic heterocycles. The van der Waals surface area contributed by atoms with E-state index in [-0.39, 0.29) is 11.8 Å². The Hall–Kier alpha value is -2.92. The molecule has 0 saturated carbocycles. The van der Waals surface area contributed by atoms with Gasteiger partial charge in [0.25, 0.3) is 5.91 Å². The predicted octanol–water partition coefficient (Wildman–Crippen LogP) is 3.13. The van der Waals surface area contributed by atoms with Gasteiger partial charge in [0.2, 0.25) is 5.91 Å². The predicted molar refractivity (Wildman–Crippen MR) is 108 cm³/mol. The Bertz CT molecular complexity index is 979. The molecule has 0 aliphatic carbocycles. The molecule has 2 aliphatic rings. The van der Waals surface area contributed by atoms with E-state index in [0.29, 0.717) is 22.7 Å². The molecule has 136 valence electrons. The van der Waals surface area contributed by atoms with Gasteiger partial charge in [-0.1, -0.05) is 41.9 Å². The van der Waals surface area contributed by atoms with E-state index in [1.807, 2.05) is 30.5 Å². The fourth-order valence-corrected chi connectivity index (χ4v) is 3.56. The van der Waals surface area contributed by atoms with Crippen molar-refractivity contribution in [3.63, 3.8) is 0 Å². The molecule has 1 N–H and O–H groups in total. The minimum absolute atomic E-state index is 0.154. The average molecular weight is 380 g/mol. The highest BCUT2D eigenvalue weighted by atomic mass is 35.5. The van der Waals surface area contributed by atoms with E-state index in [1.165, 1.54) is 4.90 Å². The quantitative estimate of drug-likeness (QED) is 0.890. The zero-order chi connectivity index (χ0) is 19.0. The number of anilines is 1. The summed E-state index contributed by atoms with van der Waals surface area (Å²) in [7, 11) is 1.68. The standard InChI is InChI=1S/C21H18ClN3O2/c1-25-19-7-6-16(22)11-17(19)20(26)24-18(21(25)27)10-13-2-4-14(5-3-13)15-8-9-23-12-15/h2-8,11-12,18H,9-10H2,1H3,(H,24,26). The van der Waals surface area contributed by atoms with Crippen LogP contribution in [0, 0.1) is 0 Å². The van der Waals surface area contributed by atoms with Gasteiger partial charge in [-0.3, -0.25) is 14.6 Å². The summed E-state index contributed by atoms with van der Waals surface area (Å²) in [6, 6.07) is 12.3. The Morgan fingerprint density at radius 2 is 1.96 bits per heavy atom. The van der Waals surface area contributed by atoms with Gasteiger partial charge >= 0.3 is 0 Å². The van der Waals surface area contributed by atoms with E-state index in [2.05, 4.69) is 16.4 Å². The van der Waals surface area contributed by atoms with Crippen molar-refractivity contribution in [2.45, 2.75) is 12.5 Å². The Morgan fingerprint density at radius 1 is 1.19 bits per heavy atom. The second kappa shape index (κ2) is 7.00. The number of hydrogen-bond acceptors (Lipinski definition) is 3. The molecule has 2 amide bonds. The zero-order valence-corrected chi connectivity index (χ0v) is 15.5. The summed E-state index contributed by atoms with van der Waals surface area (Å²) < 4.78 is 0. The molecular weight excluding hydrogens is 362 g/mol. The van der Waals surface area contributed by atoms with Crippen molar-refractivity contribution < 1.29 is 9.59 Å². The van der Waals surface area contributed by atoms with Crippen molar-refractivity contribution in [2.24, 2.45) is 4.99 Å². The number of carbonyl (C=O) groups excluding carboxylic acids is 2. The van der Waals surface area contributed by atoms with Gasteiger partial charge in [-0.2, -0.15) is 0 Å². The van der Waals surface area contributed by atoms with Crippen LogP contribution < -0.4 is 10.2 Å². The number of amides is 2. The Kier molecular flexibility index (Phi) is 4.54. The third-order valence-electron chi connectivity index (χ3n) is 4.87. The summed E-state index contributed by atoms with van der Waals surface area (Å²) in [5.74, 6) is -0.446. The van der Waals surface area contributed by atoms with Crippen LogP contribution in [0.1, 0.15) is 21.5 Å². The summed E-state index contributed by atoms with van der Waals surface area (Å²) in [5, 5.41) is 3.30. The molecule has 4 rings (SSSR count). The van der Waals surface area contributed by atoms with E-state index in [4.69, 9.17) is 11.6 Å². The molecule has 2 aromatic rings. The molecule has 2 aliphatic heterocycles. The van der Waals surface area contributed by atoms with Gasteiger partial charge in [-0.25, -0.2) is 0 Å². The SMILES string of the molecule is CN1C(=O)C(Cc2ccc(C3=CCN=C3)cc2)NC(=O)c2cc(Cl)ccc21. The number of benzene rings is 2. The highest BCUT2D eigenvalue weighted by molar-refractivity contribution is 6.31. The lowest BCUT2D eigenvalue weighted by atomic mass is 10.0. The lowest BCUT2D eigenvalue weighted by Gasteiger charge is -2.21. The van der Waals surface area contributed by atoms with Gasteiger partial charge in [0.15, 0.2) is 0 Å². The number of aliphatic imine (C=N–C) groups is 1. The maximum Gasteiger partial charge on any atom is 0.254 e. The number of likely N-dealkylation sites (N-methyl/N-ethyl adjacent to an activating group) is 1. The van der Waals surface area contributed by atoms with Crippen LogP contribution in [0.2, 0.25) is 5.02 Å². The largest absolute Gasteiger partial charge is 0.340 e. The Labute approximate surface area is 162 Å². The molecule has 0 radical (unpaired) electrons. The normalized spacial score (nSPS) is 18.8. The van der Waals surface area contributed by atoms with Crippen LogP contribution in [0.5, 0.6) is 0 Å². The van der Waals surface area contributed by atoms with E-state index < -0.39 is 6.04 Å². The number of allylic oxidation sites excluding steroid dienone is 1. The molecule has 0 bridgehead atoms. The van der Waals surface area contributed by atoms with Gasteiger partial charge in [0.1, 0.15) is 6.04 Å². The van der Waals surface area contributed by atoms with E-state index >= 15 is 0 Å². The van der Waals surface area contributed by atoms with Gasteiger partial charge in [-0.15, -0.1) is 0 Å². The minimum Gasteiger partial charge on any atom is -0.340 e. The van der Waals surface area contributed by atoms with E-state index in [0.717, 1.165) is 23.2 Å². The maximum absolute atomic E-state index is 12.9. The molecule has 1 unspecified atom stereocenters. The first kappa shape index (κ1) is 17.5. The first-order valence-corrected chi connectivity index (χ1v) is 9.08. The van der Waals surface area contributed by atoms with Crippen LogP contribution in [0.25, 0.3) is 5.57 Å². The van der Waals surface area contributed by atoms with Crippen molar-refractivity contribution in [1.82, 2.24) is 5.32 Å². The number of fused-ring (bicyclic) bond motifs is 1. The summed E-state index contributed by atoms with van der Waals surface area (Å²) in [5.41, 5.74) is 4.14. The topological polar surface area (TPSA) is 61.8 Å². The molecule has 2 aromatic carbocycles. The molecule has 5 nitrogen and oxygen atoms in total. The second-order valence-electron chi connectivity index (χ2n) is 6.64. The third kappa shape index (κ3) is 3.38. The number of nitrogens with one attached hydrogen (secondary N) is 1. The first-order valence-electron chi connectivity index (χ1n) is 8.70. The summed E-state index contributed by atoms with van der Waals surface area (Å²) >= 11 is 6.02. The number of carbonyl (C=O) groups is 2. The van der Waals surface area contributed by atoms with Crippen LogP contribution in [0.15, 0.2) is 53.5 Å². The first-order chi connectivity index (χ1) is 13.0. The van der Waals surface area contributed by atoms with Gasteiger partial charge < -0.3 is 10.2 Å². The number of nitrogens with zero attached hydrogens (tertiary/aromatic N) is 2. The molecule has 0 saturated heterocycles. The van der Waals surface area contributed by atoms with Crippen molar-refractivity contribution >= 4 is 40.9 Å². The fraction of sp³-hybridized carbons (Fsp3) is 0.190. The summed E-state index contributed by atoms with van der Waals surface area (Å²) in [6.45, 7) is 0.719. The molecule has 6 heteroatoms. The van der Waals surface area contributed by atoms with E-state index in [1.54, 1.807) is 25.2 Å². The third-order valence-corrected chi connectivity index (χ3v) is 5.11. The number of rotatable bonds is 3. The van der Waals surface area contributed by atoms with Crippen LogP contribution >= 0.6 is 11.6 Å².